The predicted molar refractivity (Wildman–Crippen MR) is 63.9 cm³/mol. The molecule has 1 heterocycles. The van der Waals surface area contributed by atoms with Crippen molar-refractivity contribution >= 4 is 5.82 Å². The molecule has 0 radical (unpaired) electrons. The fourth-order valence-electron chi connectivity index (χ4n) is 1.59. The van der Waals surface area contributed by atoms with Gasteiger partial charge in [0.25, 0.3) is 0 Å². The second kappa shape index (κ2) is 6.06. The first-order chi connectivity index (χ1) is 7.67. The van der Waals surface area contributed by atoms with Gasteiger partial charge in [0.15, 0.2) is 11.5 Å². The van der Waals surface area contributed by atoms with Crippen LogP contribution in [0.1, 0.15) is 39.3 Å². The van der Waals surface area contributed by atoms with Gasteiger partial charge >= 0.3 is 0 Å². The summed E-state index contributed by atoms with van der Waals surface area (Å²) in [7, 11) is 0. The lowest BCUT2D eigenvalue weighted by molar-refractivity contribution is 0.483. The first kappa shape index (κ1) is 12.4. The summed E-state index contributed by atoms with van der Waals surface area (Å²) in [6.07, 6.45) is 5.36. The number of rotatable bonds is 5. The molecule has 1 aromatic heterocycles. The number of aromatic nitrogens is 2. The van der Waals surface area contributed by atoms with E-state index in [9.17, 15) is 0 Å². The first-order valence-corrected chi connectivity index (χ1v) is 5.65. The molecule has 1 N–H and O–H groups in total. The van der Waals surface area contributed by atoms with E-state index in [0.717, 1.165) is 12.8 Å². The van der Waals surface area contributed by atoms with Crippen LogP contribution in [-0.4, -0.2) is 16.0 Å². The van der Waals surface area contributed by atoms with Crippen LogP contribution < -0.4 is 5.32 Å². The van der Waals surface area contributed by atoms with E-state index in [4.69, 9.17) is 5.26 Å². The Balaban J connectivity index is 2.63. The van der Waals surface area contributed by atoms with E-state index in [0.29, 0.717) is 23.5 Å². The lowest BCUT2D eigenvalue weighted by atomic mass is 10.0. The second-order valence-corrected chi connectivity index (χ2v) is 4.16. The van der Waals surface area contributed by atoms with E-state index in [2.05, 4.69) is 36.1 Å². The standard InChI is InChI=1S/C12H18N4/c1-4-9(2)7-10(3)16-12-11(8-13)14-5-6-15-12/h5-6,9-10H,4,7H2,1-3H3,(H,15,16). The van der Waals surface area contributed by atoms with Crippen LogP contribution in [0.25, 0.3) is 0 Å². The normalized spacial score (nSPS) is 13.9. The van der Waals surface area contributed by atoms with E-state index in [1.807, 2.05) is 6.07 Å². The Labute approximate surface area is 96.7 Å². The molecular formula is C12H18N4. The molecule has 86 valence electrons. The van der Waals surface area contributed by atoms with Gasteiger partial charge < -0.3 is 5.32 Å². The van der Waals surface area contributed by atoms with Crippen molar-refractivity contribution in [2.75, 3.05) is 5.32 Å². The van der Waals surface area contributed by atoms with Gasteiger partial charge in [0.1, 0.15) is 6.07 Å². The quantitative estimate of drug-likeness (QED) is 0.825. The molecular weight excluding hydrogens is 200 g/mol. The van der Waals surface area contributed by atoms with Gasteiger partial charge in [0, 0.05) is 18.4 Å². The Bertz CT molecular complexity index is 370. The summed E-state index contributed by atoms with van der Waals surface area (Å²) in [5.41, 5.74) is 0.360. The SMILES string of the molecule is CCC(C)CC(C)Nc1nccnc1C#N. The maximum absolute atomic E-state index is 8.87. The molecule has 4 heteroatoms. The monoisotopic (exact) mass is 218 g/mol. The van der Waals surface area contributed by atoms with Crippen LogP contribution in [0.2, 0.25) is 0 Å². The van der Waals surface area contributed by atoms with Crippen molar-refractivity contribution in [2.24, 2.45) is 5.92 Å². The summed E-state index contributed by atoms with van der Waals surface area (Å²) in [4.78, 5) is 8.09. The molecule has 0 aliphatic rings. The molecule has 1 aromatic rings. The zero-order chi connectivity index (χ0) is 12.0. The van der Waals surface area contributed by atoms with Crippen LogP contribution in [0, 0.1) is 17.2 Å². The summed E-state index contributed by atoms with van der Waals surface area (Å²) in [6.45, 7) is 6.50. The van der Waals surface area contributed by atoms with Crippen molar-refractivity contribution in [3.63, 3.8) is 0 Å². The Hall–Kier alpha value is -1.63. The fraction of sp³-hybridized carbons (Fsp3) is 0.583. The summed E-state index contributed by atoms with van der Waals surface area (Å²) in [5.74, 6) is 1.26. The summed E-state index contributed by atoms with van der Waals surface area (Å²) < 4.78 is 0. The molecule has 1 rings (SSSR count). The molecule has 4 nitrogen and oxygen atoms in total. The Morgan fingerprint density at radius 2 is 2.06 bits per heavy atom. The third kappa shape index (κ3) is 3.50. The zero-order valence-corrected chi connectivity index (χ0v) is 10.1. The Morgan fingerprint density at radius 3 is 2.69 bits per heavy atom. The number of hydrogen-bond acceptors (Lipinski definition) is 4. The number of nitriles is 1. The number of nitrogens with zero attached hydrogens (tertiary/aromatic N) is 3. The van der Waals surface area contributed by atoms with Crippen molar-refractivity contribution in [2.45, 2.75) is 39.7 Å². The van der Waals surface area contributed by atoms with Gasteiger partial charge in [0.2, 0.25) is 0 Å². The molecule has 0 aromatic carbocycles. The van der Waals surface area contributed by atoms with Crippen molar-refractivity contribution < 1.29 is 0 Å². The fourth-order valence-corrected chi connectivity index (χ4v) is 1.59. The lowest BCUT2D eigenvalue weighted by Crippen LogP contribution is -2.19. The van der Waals surface area contributed by atoms with E-state index in [1.165, 1.54) is 6.20 Å². The van der Waals surface area contributed by atoms with Gasteiger partial charge in [-0.1, -0.05) is 20.3 Å². The van der Waals surface area contributed by atoms with E-state index in [-0.39, 0.29) is 0 Å². The average Bonchev–Trinajstić information content (AvgIpc) is 2.29. The lowest BCUT2D eigenvalue weighted by Gasteiger charge is -2.18. The van der Waals surface area contributed by atoms with Crippen molar-refractivity contribution in [1.29, 1.82) is 5.26 Å². The Morgan fingerprint density at radius 1 is 1.38 bits per heavy atom. The third-order valence-corrected chi connectivity index (χ3v) is 2.64. The van der Waals surface area contributed by atoms with Gasteiger partial charge in [-0.05, 0) is 19.3 Å². The highest BCUT2D eigenvalue weighted by Gasteiger charge is 2.10. The average molecular weight is 218 g/mol. The van der Waals surface area contributed by atoms with Gasteiger partial charge in [0.05, 0.1) is 0 Å². The third-order valence-electron chi connectivity index (χ3n) is 2.64. The minimum atomic E-state index is 0.304. The van der Waals surface area contributed by atoms with Crippen LogP contribution in [-0.2, 0) is 0 Å². The molecule has 0 aliphatic heterocycles. The number of hydrogen-bond donors (Lipinski definition) is 1. The number of anilines is 1. The van der Waals surface area contributed by atoms with Crippen molar-refractivity contribution in [1.82, 2.24) is 9.97 Å². The van der Waals surface area contributed by atoms with Gasteiger partial charge in [-0.3, -0.25) is 0 Å². The molecule has 2 atom stereocenters. The smallest absolute Gasteiger partial charge is 0.182 e. The minimum Gasteiger partial charge on any atom is -0.365 e. The maximum Gasteiger partial charge on any atom is 0.182 e. The molecule has 0 spiro atoms. The number of nitrogens with one attached hydrogen (secondary N) is 1. The highest BCUT2D eigenvalue weighted by atomic mass is 15.0. The van der Waals surface area contributed by atoms with Crippen LogP contribution in [0.3, 0.4) is 0 Å². The van der Waals surface area contributed by atoms with Gasteiger partial charge in [-0.25, -0.2) is 9.97 Å². The summed E-state index contributed by atoms with van der Waals surface area (Å²) >= 11 is 0. The van der Waals surface area contributed by atoms with Crippen LogP contribution in [0.4, 0.5) is 5.82 Å². The molecule has 0 aliphatic carbocycles. The van der Waals surface area contributed by atoms with E-state index in [1.54, 1.807) is 6.20 Å². The molecule has 16 heavy (non-hydrogen) atoms. The topological polar surface area (TPSA) is 61.6 Å². The summed E-state index contributed by atoms with van der Waals surface area (Å²) in [6, 6.07) is 2.34. The highest BCUT2D eigenvalue weighted by Crippen LogP contribution is 2.14. The minimum absolute atomic E-state index is 0.304. The van der Waals surface area contributed by atoms with E-state index < -0.39 is 0 Å². The molecule has 0 amide bonds. The Kier molecular flexibility index (Phi) is 4.71. The van der Waals surface area contributed by atoms with E-state index >= 15 is 0 Å². The highest BCUT2D eigenvalue weighted by molar-refractivity contribution is 5.47. The largest absolute Gasteiger partial charge is 0.365 e. The predicted octanol–water partition coefficient (Wildman–Crippen LogP) is 2.58. The van der Waals surface area contributed by atoms with Crippen LogP contribution in [0.15, 0.2) is 12.4 Å². The molecule has 0 bridgehead atoms. The maximum atomic E-state index is 8.87. The zero-order valence-electron chi connectivity index (χ0n) is 10.1. The first-order valence-electron chi connectivity index (χ1n) is 5.65. The van der Waals surface area contributed by atoms with Crippen LogP contribution in [0.5, 0.6) is 0 Å². The second-order valence-electron chi connectivity index (χ2n) is 4.16. The van der Waals surface area contributed by atoms with Gasteiger partial charge in [-0.15, -0.1) is 0 Å². The van der Waals surface area contributed by atoms with Gasteiger partial charge in [-0.2, -0.15) is 5.26 Å². The molecule has 0 fully saturated rings. The summed E-state index contributed by atoms with van der Waals surface area (Å²) in [5, 5.41) is 12.1. The molecule has 2 unspecified atom stereocenters. The van der Waals surface area contributed by atoms with Crippen LogP contribution >= 0.6 is 0 Å². The molecule has 0 saturated carbocycles. The molecule has 0 saturated heterocycles. The van der Waals surface area contributed by atoms with Crippen molar-refractivity contribution in [3.8, 4) is 6.07 Å². The van der Waals surface area contributed by atoms with Crippen molar-refractivity contribution in [3.05, 3.63) is 18.1 Å².